The van der Waals surface area contributed by atoms with Crippen molar-refractivity contribution in [3.63, 3.8) is 0 Å². The average Bonchev–Trinajstić information content (AvgIpc) is 2.47. The highest BCUT2D eigenvalue weighted by Gasteiger charge is 2.24. The Kier molecular flexibility index (Phi) is 3.80. The zero-order valence-electron chi connectivity index (χ0n) is 11.3. The van der Waals surface area contributed by atoms with Crippen molar-refractivity contribution in [3.05, 3.63) is 29.8 Å². The van der Waals surface area contributed by atoms with Gasteiger partial charge >= 0.3 is 0 Å². The van der Waals surface area contributed by atoms with Crippen LogP contribution < -0.4 is 10.2 Å². The average molecular weight is 259 g/mol. The Morgan fingerprint density at radius 3 is 2.79 bits per heavy atom. The largest absolute Gasteiger partial charge is 0.314 e. The molecule has 1 amide bonds. The fourth-order valence-corrected chi connectivity index (χ4v) is 2.94. The van der Waals surface area contributed by atoms with Crippen LogP contribution in [0.25, 0.3) is 0 Å². The molecular formula is C15H21N3O. The van der Waals surface area contributed by atoms with Gasteiger partial charge in [0.05, 0.1) is 6.54 Å². The Hall–Kier alpha value is -1.39. The summed E-state index contributed by atoms with van der Waals surface area (Å²) in [5.74, 6) is 0.244. The van der Waals surface area contributed by atoms with E-state index in [0.717, 1.165) is 51.3 Å². The molecule has 1 aromatic carbocycles. The Balaban J connectivity index is 1.70. The van der Waals surface area contributed by atoms with Gasteiger partial charge in [-0.2, -0.15) is 0 Å². The molecule has 0 aliphatic carbocycles. The SMILES string of the molecule is O=C(CN1CCNCC1)N1CCCc2ccccc21. The molecule has 0 radical (unpaired) electrons. The predicted molar refractivity (Wildman–Crippen MR) is 76.4 cm³/mol. The number of hydrogen-bond donors (Lipinski definition) is 1. The molecule has 19 heavy (non-hydrogen) atoms. The number of hydrogen-bond acceptors (Lipinski definition) is 3. The number of benzene rings is 1. The number of anilines is 1. The van der Waals surface area contributed by atoms with Gasteiger partial charge in [0.2, 0.25) is 5.91 Å². The number of nitrogens with zero attached hydrogens (tertiary/aromatic N) is 2. The molecular weight excluding hydrogens is 238 g/mol. The lowest BCUT2D eigenvalue weighted by Crippen LogP contribution is -2.49. The first-order valence-electron chi connectivity index (χ1n) is 7.16. The topological polar surface area (TPSA) is 35.6 Å². The Morgan fingerprint density at radius 2 is 1.95 bits per heavy atom. The van der Waals surface area contributed by atoms with Gasteiger partial charge < -0.3 is 10.2 Å². The van der Waals surface area contributed by atoms with Crippen LogP contribution in [0, 0.1) is 0 Å². The minimum absolute atomic E-state index is 0.244. The molecule has 4 heteroatoms. The van der Waals surface area contributed by atoms with E-state index >= 15 is 0 Å². The molecule has 0 saturated carbocycles. The third-order valence-corrected chi connectivity index (χ3v) is 3.98. The lowest BCUT2D eigenvalue weighted by atomic mass is 10.0. The quantitative estimate of drug-likeness (QED) is 0.856. The zero-order valence-corrected chi connectivity index (χ0v) is 11.3. The number of aryl methyl sites for hydroxylation is 1. The van der Waals surface area contributed by atoms with E-state index in [9.17, 15) is 4.79 Å². The van der Waals surface area contributed by atoms with E-state index in [1.165, 1.54) is 5.56 Å². The van der Waals surface area contributed by atoms with Crippen molar-refractivity contribution in [2.75, 3.05) is 44.2 Å². The van der Waals surface area contributed by atoms with E-state index in [0.29, 0.717) is 6.54 Å². The number of carbonyl (C=O) groups excluding carboxylic acids is 1. The van der Waals surface area contributed by atoms with Crippen molar-refractivity contribution >= 4 is 11.6 Å². The highest BCUT2D eigenvalue weighted by Crippen LogP contribution is 2.26. The van der Waals surface area contributed by atoms with Crippen LogP contribution in [-0.4, -0.2) is 50.1 Å². The molecule has 1 fully saturated rings. The number of piperazine rings is 1. The molecule has 2 aliphatic heterocycles. The molecule has 0 spiro atoms. The second-order valence-electron chi connectivity index (χ2n) is 5.30. The van der Waals surface area contributed by atoms with E-state index < -0.39 is 0 Å². The van der Waals surface area contributed by atoms with Crippen LogP contribution in [0.4, 0.5) is 5.69 Å². The van der Waals surface area contributed by atoms with Crippen LogP contribution in [-0.2, 0) is 11.2 Å². The molecule has 1 N–H and O–H groups in total. The second-order valence-corrected chi connectivity index (χ2v) is 5.30. The molecule has 0 aromatic heterocycles. The van der Waals surface area contributed by atoms with Gasteiger partial charge in [0.25, 0.3) is 0 Å². The number of nitrogens with one attached hydrogen (secondary N) is 1. The molecule has 1 aromatic rings. The Labute approximate surface area is 114 Å². The number of para-hydroxylation sites is 1. The molecule has 4 nitrogen and oxygen atoms in total. The van der Waals surface area contributed by atoms with Crippen LogP contribution in [0.15, 0.2) is 24.3 Å². The fraction of sp³-hybridized carbons (Fsp3) is 0.533. The monoisotopic (exact) mass is 259 g/mol. The van der Waals surface area contributed by atoms with Gasteiger partial charge in [0.15, 0.2) is 0 Å². The van der Waals surface area contributed by atoms with Crippen LogP contribution in [0.5, 0.6) is 0 Å². The number of carbonyl (C=O) groups is 1. The van der Waals surface area contributed by atoms with Gasteiger partial charge in [-0.25, -0.2) is 0 Å². The highest BCUT2D eigenvalue weighted by atomic mass is 16.2. The molecule has 3 rings (SSSR count). The van der Waals surface area contributed by atoms with Crippen LogP contribution in [0.2, 0.25) is 0 Å². The van der Waals surface area contributed by atoms with Crippen LogP contribution in [0.1, 0.15) is 12.0 Å². The molecule has 1 saturated heterocycles. The molecule has 0 atom stereocenters. The number of fused-ring (bicyclic) bond motifs is 1. The number of rotatable bonds is 2. The van der Waals surface area contributed by atoms with E-state index in [2.05, 4.69) is 28.4 Å². The maximum atomic E-state index is 12.5. The maximum absolute atomic E-state index is 12.5. The van der Waals surface area contributed by atoms with Gasteiger partial charge in [-0.15, -0.1) is 0 Å². The first-order chi connectivity index (χ1) is 9.34. The summed E-state index contributed by atoms with van der Waals surface area (Å²) in [6.07, 6.45) is 2.16. The summed E-state index contributed by atoms with van der Waals surface area (Å²) < 4.78 is 0. The molecule has 2 heterocycles. The first-order valence-corrected chi connectivity index (χ1v) is 7.16. The molecule has 2 aliphatic rings. The third kappa shape index (κ3) is 2.80. The first kappa shape index (κ1) is 12.6. The summed E-state index contributed by atoms with van der Waals surface area (Å²) in [7, 11) is 0. The second kappa shape index (κ2) is 5.72. The van der Waals surface area contributed by atoms with Crippen molar-refractivity contribution in [3.8, 4) is 0 Å². The van der Waals surface area contributed by atoms with Crippen molar-refractivity contribution in [2.24, 2.45) is 0 Å². The smallest absolute Gasteiger partial charge is 0.241 e. The van der Waals surface area contributed by atoms with Gasteiger partial charge in [-0.1, -0.05) is 18.2 Å². The van der Waals surface area contributed by atoms with Gasteiger partial charge in [0.1, 0.15) is 0 Å². The summed E-state index contributed by atoms with van der Waals surface area (Å²) in [6, 6.07) is 8.29. The summed E-state index contributed by atoms with van der Waals surface area (Å²) in [6.45, 7) is 5.34. The van der Waals surface area contributed by atoms with E-state index in [1.807, 2.05) is 11.0 Å². The highest BCUT2D eigenvalue weighted by molar-refractivity contribution is 5.95. The van der Waals surface area contributed by atoms with E-state index in [1.54, 1.807) is 0 Å². The summed E-state index contributed by atoms with van der Waals surface area (Å²) in [4.78, 5) is 16.7. The minimum Gasteiger partial charge on any atom is -0.314 e. The fourth-order valence-electron chi connectivity index (χ4n) is 2.94. The number of amides is 1. The summed E-state index contributed by atoms with van der Waals surface area (Å²) >= 11 is 0. The van der Waals surface area contributed by atoms with Gasteiger partial charge in [0, 0.05) is 38.4 Å². The van der Waals surface area contributed by atoms with Gasteiger partial charge in [-0.3, -0.25) is 9.69 Å². The molecule has 102 valence electrons. The van der Waals surface area contributed by atoms with Crippen LogP contribution in [0.3, 0.4) is 0 Å². The van der Waals surface area contributed by atoms with E-state index in [4.69, 9.17) is 0 Å². The summed E-state index contributed by atoms with van der Waals surface area (Å²) in [5, 5.41) is 3.32. The molecule has 0 bridgehead atoms. The van der Waals surface area contributed by atoms with Gasteiger partial charge in [-0.05, 0) is 24.5 Å². The van der Waals surface area contributed by atoms with Crippen molar-refractivity contribution < 1.29 is 4.79 Å². The van der Waals surface area contributed by atoms with Crippen molar-refractivity contribution in [1.29, 1.82) is 0 Å². The molecule has 0 unspecified atom stereocenters. The summed E-state index contributed by atoms with van der Waals surface area (Å²) in [5.41, 5.74) is 2.43. The third-order valence-electron chi connectivity index (χ3n) is 3.98. The lowest BCUT2D eigenvalue weighted by Gasteiger charge is -2.33. The maximum Gasteiger partial charge on any atom is 0.241 e. The lowest BCUT2D eigenvalue weighted by molar-refractivity contribution is -0.120. The van der Waals surface area contributed by atoms with Crippen molar-refractivity contribution in [2.45, 2.75) is 12.8 Å². The Morgan fingerprint density at radius 1 is 1.16 bits per heavy atom. The predicted octanol–water partition coefficient (Wildman–Crippen LogP) is 0.871. The minimum atomic E-state index is 0.244. The van der Waals surface area contributed by atoms with E-state index in [-0.39, 0.29) is 5.91 Å². The zero-order chi connectivity index (χ0) is 13.1. The standard InChI is InChI=1S/C15H21N3O/c19-15(12-17-10-7-16-8-11-17)18-9-3-5-13-4-1-2-6-14(13)18/h1-2,4,6,16H,3,5,7-12H2. The van der Waals surface area contributed by atoms with Crippen molar-refractivity contribution in [1.82, 2.24) is 10.2 Å². The van der Waals surface area contributed by atoms with Crippen LogP contribution >= 0.6 is 0 Å². The normalized spacial score (nSPS) is 20.1. The Bertz CT molecular complexity index is 454.